The Morgan fingerprint density at radius 3 is 2.22 bits per heavy atom. The molecule has 0 aliphatic rings. The van der Waals surface area contributed by atoms with Crippen LogP contribution in [0.5, 0.6) is 0 Å². The fourth-order valence-corrected chi connectivity index (χ4v) is 3.01. The minimum atomic E-state index is -4.34. The molecule has 0 heterocycles. The second-order valence-corrected chi connectivity index (χ2v) is 5.86. The molecule has 1 rings (SSSR count). The SMILES string of the molecule is CN(C)C(=O)c1cc(F)c(Cl)c(S(N)(=O)=O)c1Cl. The number of nitrogens with zero attached hydrogens (tertiary/aromatic N) is 1. The molecule has 18 heavy (non-hydrogen) atoms. The van der Waals surface area contributed by atoms with Crippen LogP contribution in [0.15, 0.2) is 11.0 Å². The van der Waals surface area contributed by atoms with E-state index in [-0.39, 0.29) is 5.56 Å². The molecule has 1 amide bonds. The molecule has 5 nitrogen and oxygen atoms in total. The Hall–Kier alpha value is -0.890. The second-order valence-electron chi connectivity index (χ2n) is 3.61. The molecule has 0 radical (unpaired) electrons. The highest BCUT2D eigenvalue weighted by Gasteiger charge is 2.27. The molecule has 1 aromatic rings. The molecule has 0 atom stereocenters. The summed E-state index contributed by atoms with van der Waals surface area (Å²) in [7, 11) is -1.53. The summed E-state index contributed by atoms with van der Waals surface area (Å²) in [4.78, 5) is 12.0. The van der Waals surface area contributed by atoms with Crippen molar-refractivity contribution in [2.45, 2.75) is 4.90 Å². The summed E-state index contributed by atoms with van der Waals surface area (Å²) in [6.07, 6.45) is 0. The fourth-order valence-electron chi connectivity index (χ4n) is 1.23. The first-order valence-corrected chi connectivity index (χ1v) is 6.79. The molecule has 0 aromatic heterocycles. The minimum Gasteiger partial charge on any atom is -0.345 e. The Balaban J connectivity index is 3.71. The standard InChI is InChI=1S/C9H9Cl2FN2O3S/c1-14(2)9(15)4-3-5(12)7(11)8(6(4)10)18(13,16)17/h3H,1-2H3,(H2,13,16,17). The number of rotatable bonds is 2. The average molecular weight is 315 g/mol. The number of hydrogen-bond donors (Lipinski definition) is 1. The third-order valence-corrected chi connectivity index (χ3v) is 4.00. The molecule has 2 N–H and O–H groups in total. The maximum Gasteiger partial charge on any atom is 0.255 e. The van der Waals surface area contributed by atoms with Crippen LogP contribution in [0, 0.1) is 5.82 Å². The van der Waals surface area contributed by atoms with Crippen molar-refractivity contribution in [2.24, 2.45) is 5.14 Å². The van der Waals surface area contributed by atoms with Crippen molar-refractivity contribution in [3.63, 3.8) is 0 Å². The highest BCUT2D eigenvalue weighted by Crippen LogP contribution is 2.34. The number of halogens is 3. The summed E-state index contributed by atoms with van der Waals surface area (Å²) in [5.74, 6) is -1.75. The van der Waals surface area contributed by atoms with E-state index in [1.54, 1.807) is 0 Å². The first-order valence-electron chi connectivity index (χ1n) is 4.49. The van der Waals surface area contributed by atoms with Gasteiger partial charge in [0.2, 0.25) is 10.0 Å². The summed E-state index contributed by atoms with van der Waals surface area (Å²) in [6.45, 7) is 0. The van der Waals surface area contributed by atoms with Crippen LogP contribution in [0.3, 0.4) is 0 Å². The molecule has 1 aromatic carbocycles. The lowest BCUT2D eigenvalue weighted by Crippen LogP contribution is -2.24. The molecule has 0 saturated carbocycles. The van der Waals surface area contributed by atoms with Crippen LogP contribution in [0.4, 0.5) is 4.39 Å². The van der Waals surface area contributed by atoms with E-state index in [0.29, 0.717) is 0 Å². The third kappa shape index (κ3) is 2.74. The predicted octanol–water partition coefficient (Wildman–Crippen LogP) is 1.48. The maximum atomic E-state index is 13.5. The van der Waals surface area contributed by atoms with Gasteiger partial charge in [0.25, 0.3) is 5.91 Å². The van der Waals surface area contributed by atoms with Gasteiger partial charge >= 0.3 is 0 Å². The molecular weight excluding hydrogens is 306 g/mol. The van der Waals surface area contributed by atoms with Gasteiger partial charge in [0, 0.05) is 14.1 Å². The van der Waals surface area contributed by atoms with Gasteiger partial charge < -0.3 is 4.90 Å². The number of sulfonamides is 1. The molecule has 0 spiro atoms. The molecule has 9 heteroatoms. The van der Waals surface area contributed by atoms with Gasteiger partial charge in [-0.05, 0) is 6.07 Å². The van der Waals surface area contributed by atoms with E-state index in [4.69, 9.17) is 28.3 Å². The zero-order chi connectivity index (χ0) is 14.2. The van der Waals surface area contributed by atoms with Crippen molar-refractivity contribution < 1.29 is 17.6 Å². The second kappa shape index (κ2) is 5.00. The third-order valence-electron chi connectivity index (χ3n) is 2.04. The van der Waals surface area contributed by atoms with E-state index in [0.717, 1.165) is 11.0 Å². The monoisotopic (exact) mass is 314 g/mol. The number of carbonyl (C=O) groups is 1. The van der Waals surface area contributed by atoms with Crippen molar-refractivity contribution in [2.75, 3.05) is 14.1 Å². The van der Waals surface area contributed by atoms with Crippen molar-refractivity contribution >= 4 is 39.1 Å². The van der Waals surface area contributed by atoms with Gasteiger partial charge in [-0.2, -0.15) is 0 Å². The number of carbonyl (C=O) groups excluding carboxylic acids is 1. The fraction of sp³-hybridized carbons (Fsp3) is 0.222. The van der Waals surface area contributed by atoms with E-state index in [2.05, 4.69) is 0 Å². The van der Waals surface area contributed by atoms with E-state index >= 15 is 0 Å². The summed E-state index contributed by atoms with van der Waals surface area (Å²) >= 11 is 11.2. The molecule has 0 bridgehead atoms. The minimum absolute atomic E-state index is 0.326. The first kappa shape index (κ1) is 15.2. The van der Waals surface area contributed by atoms with Gasteiger partial charge in [-0.25, -0.2) is 17.9 Å². The van der Waals surface area contributed by atoms with Crippen molar-refractivity contribution in [3.8, 4) is 0 Å². The Morgan fingerprint density at radius 2 is 1.83 bits per heavy atom. The summed E-state index contributed by atoms with van der Waals surface area (Å²) in [5, 5.41) is 3.65. The molecule has 0 unspecified atom stereocenters. The Labute approximate surface area is 113 Å². The average Bonchev–Trinajstić information content (AvgIpc) is 2.20. The van der Waals surface area contributed by atoms with E-state index in [1.807, 2.05) is 0 Å². The van der Waals surface area contributed by atoms with Crippen molar-refractivity contribution in [3.05, 3.63) is 27.5 Å². The van der Waals surface area contributed by atoms with Crippen LogP contribution < -0.4 is 5.14 Å². The molecule has 0 aliphatic carbocycles. The van der Waals surface area contributed by atoms with Crippen molar-refractivity contribution in [1.29, 1.82) is 0 Å². The molecule has 0 saturated heterocycles. The lowest BCUT2D eigenvalue weighted by Gasteiger charge is -2.14. The highest BCUT2D eigenvalue weighted by atomic mass is 35.5. The van der Waals surface area contributed by atoms with E-state index in [9.17, 15) is 17.6 Å². The smallest absolute Gasteiger partial charge is 0.255 e. The van der Waals surface area contributed by atoms with Crippen molar-refractivity contribution in [1.82, 2.24) is 4.90 Å². The molecule has 0 aliphatic heterocycles. The lowest BCUT2D eigenvalue weighted by molar-refractivity contribution is 0.0827. The summed E-state index contributed by atoms with van der Waals surface area (Å²) < 4.78 is 36.1. The number of amides is 1. The van der Waals surface area contributed by atoms with Gasteiger partial charge in [-0.15, -0.1) is 0 Å². The number of benzene rings is 1. The number of primary sulfonamides is 1. The van der Waals surface area contributed by atoms with Crippen LogP contribution in [0.25, 0.3) is 0 Å². The number of hydrogen-bond acceptors (Lipinski definition) is 3. The maximum absolute atomic E-state index is 13.5. The predicted molar refractivity (Wildman–Crippen MR) is 65.8 cm³/mol. The largest absolute Gasteiger partial charge is 0.345 e. The van der Waals surface area contributed by atoms with E-state index in [1.165, 1.54) is 14.1 Å². The topological polar surface area (TPSA) is 80.5 Å². The molecular formula is C9H9Cl2FN2O3S. The zero-order valence-corrected chi connectivity index (χ0v) is 11.7. The lowest BCUT2D eigenvalue weighted by atomic mass is 10.2. The molecule has 100 valence electrons. The normalized spacial score (nSPS) is 11.4. The van der Waals surface area contributed by atoms with Crippen LogP contribution in [-0.2, 0) is 10.0 Å². The van der Waals surface area contributed by atoms with Gasteiger partial charge in [0.05, 0.1) is 15.6 Å². The quantitative estimate of drug-likeness (QED) is 0.840. The number of nitrogens with two attached hydrogens (primary N) is 1. The summed E-state index contributed by atoms with van der Waals surface area (Å²) in [5.41, 5.74) is -0.326. The van der Waals surface area contributed by atoms with Crippen LogP contribution >= 0.6 is 23.2 Å². The Morgan fingerprint density at radius 1 is 1.33 bits per heavy atom. The molecule has 0 fully saturated rings. The zero-order valence-electron chi connectivity index (χ0n) is 9.37. The highest BCUT2D eigenvalue weighted by molar-refractivity contribution is 7.89. The van der Waals surface area contributed by atoms with Crippen LogP contribution in [-0.4, -0.2) is 33.3 Å². The Kier molecular flexibility index (Phi) is 4.22. The van der Waals surface area contributed by atoms with E-state index < -0.39 is 36.7 Å². The van der Waals surface area contributed by atoms with Gasteiger partial charge in [-0.1, -0.05) is 23.2 Å². The summed E-state index contributed by atoms with van der Waals surface area (Å²) in [6, 6.07) is 0.766. The first-order chi connectivity index (χ1) is 8.07. The van der Waals surface area contributed by atoms with Crippen LogP contribution in [0.1, 0.15) is 10.4 Å². The van der Waals surface area contributed by atoms with Gasteiger partial charge in [0.1, 0.15) is 10.7 Å². The van der Waals surface area contributed by atoms with Crippen LogP contribution in [0.2, 0.25) is 10.0 Å². The Bertz CT molecular complexity index is 617. The van der Waals surface area contributed by atoms with Gasteiger partial charge in [0.15, 0.2) is 0 Å². The van der Waals surface area contributed by atoms with Gasteiger partial charge in [-0.3, -0.25) is 4.79 Å².